The van der Waals surface area contributed by atoms with Crippen molar-refractivity contribution >= 4 is 11.6 Å². The van der Waals surface area contributed by atoms with Crippen LogP contribution in [0.5, 0.6) is 0 Å². The third kappa shape index (κ3) is 4.14. The lowest BCUT2D eigenvalue weighted by Crippen LogP contribution is -2.26. The van der Waals surface area contributed by atoms with Crippen LogP contribution in [0.1, 0.15) is 18.4 Å². The fraction of sp³-hybridized carbons (Fsp3) is 0.417. The second kappa shape index (κ2) is 6.70. The van der Waals surface area contributed by atoms with Crippen molar-refractivity contribution in [3.63, 3.8) is 0 Å². The fourth-order valence-corrected chi connectivity index (χ4v) is 1.55. The number of nitro groups is 1. The van der Waals surface area contributed by atoms with E-state index < -0.39 is 4.92 Å². The van der Waals surface area contributed by atoms with E-state index in [1.165, 1.54) is 17.0 Å². The maximum atomic E-state index is 11.6. The third-order valence-electron chi connectivity index (χ3n) is 2.52. The number of non-ortho nitro benzene ring substituents is 1. The molecule has 98 valence electrons. The molecule has 0 fully saturated rings. The SMILES string of the molecule is CN(Cc1cccc([N+](=O)[O-])c1)C(=O)CCCO. The molecule has 1 N–H and O–H groups in total. The highest BCUT2D eigenvalue weighted by Gasteiger charge is 2.11. The molecular weight excluding hydrogens is 236 g/mol. The number of rotatable bonds is 6. The number of amides is 1. The highest BCUT2D eigenvalue weighted by atomic mass is 16.6. The third-order valence-corrected chi connectivity index (χ3v) is 2.52. The van der Waals surface area contributed by atoms with Gasteiger partial charge in [-0.2, -0.15) is 0 Å². The van der Waals surface area contributed by atoms with Gasteiger partial charge in [0.15, 0.2) is 0 Å². The Kier molecular flexibility index (Phi) is 5.26. The molecule has 0 heterocycles. The molecule has 6 heteroatoms. The van der Waals surface area contributed by atoms with Gasteiger partial charge < -0.3 is 10.0 Å². The lowest BCUT2D eigenvalue weighted by Gasteiger charge is -2.16. The Hall–Kier alpha value is -1.95. The average Bonchev–Trinajstić information content (AvgIpc) is 2.36. The van der Waals surface area contributed by atoms with Gasteiger partial charge in [0.1, 0.15) is 0 Å². The maximum absolute atomic E-state index is 11.6. The van der Waals surface area contributed by atoms with Crippen LogP contribution in [0.15, 0.2) is 24.3 Å². The number of nitrogens with zero attached hydrogens (tertiary/aromatic N) is 2. The average molecular weight is 252 g/mol. The molecule has 0 aliphatic heterocycles. The van der Waals surface area contributed by atoms with Gasteiger partial charge >= 0.3 is 0 Å². The molecule has 1 rings (SSSR count). The Morgan fingerprint density at radius 2 is 2.22 bits per heavy atom. The number of hydrogen-bond acceptors (Lipinski definition) is 4. The minimum Gasteiger partial charge on any atom is -0.396 e. The van der Waals surface area contributed by atoms with E-state index in [4.69, 9.17) is 5.11 Å². The van der Waals surface area contributed by atoms with E-state index in [9.17, 15) is 14.9 Å². The molecule has 0 atom stereocenters. The first-order valence-corrected chi connectivity index (χ1v) is 5.62. The van der Waals surface area contributed by atoms with E-state index in [-0.39, 0.29) is 24.6 Å². The monoisotopic (exact) mass is 252 g/mol. The molecule has 0 spiro atoms. The molecular formula is C12H16N2O4. The quantitative estimate of drug-likeness (QED) is 0.611. The van der Waals surface area contributed by atoms with Crippen molar-refractivity contribution in [2.75, 3.05) is 13.7 Å². The lowest BCUT2D eigenvalue weighted by atomic mass is 10.2. The molecule has 0 bridgehead atoms. The summed E-state index contributed by atoms with van der Waals surface area (Å²) in [5.41, 5.74) is 0.729. The molecule has 0 aliphatic rings. The number of benzene rings is 1. The second-order valence-corrected chi connectivity index (χ2v) is 4.00. The zero-order valence-electron chi connectivity index (χ0n) is 10.2. The van der Waals surface area contributed by atoms with Gasteiger partial charge in [-0.05, 0) is 12.0 Å². The van der Waals surface area contributed by atoms with E-state index in [0.29, 0.717) is 18.5 Å². The Morgan fingerprint density at radius 3 is 2.83 bits per heavy atom. The Balaban J connectivity index is 2.63. The van der Waals surface area contributed by atoms with Crippen LogP contribution in [0.3, 0.4) is 0 Å². The summed E-state index contributed by atoms with van der Waals surface area (Å²) < 4.78 is 0. The minimum absolute atomic E-state index is 0.0173. The van der Waals surface area contributed by atoms with Crippen LogP contribution in [0, 0.1) is 10.1 Å². The summed E-state index contributed by atoms with van der Waals surface area (Å²) in [5, 5.41) is 19.2. The normalized spacial score (nSPS) is 10.1. The molecule has 0 unspecified atom stereocenters. The van der Waals surface area contributed by atoms with Gasteiger partial charge in [0.05, 0.1) is 4.92 Å². The zero-order chi connectivity index (χ0) is 13.5. The van der Waals surface area contributed by atoms with Crippen LogP contribution in [0.4, 0.5) is 5.69 Å². The smallest absolute Gasteiger partial charge is 0.269 e. The van der Waals surface area contributed by atoms with E-state index in [2.05, 4.69) is 0 Å². The number of hydrogen-bond donors (Lipinski definition) is 1. The predicted octanol–water partition coefficient (Wildman–Crippen LogP) is 1.33. The molecule has 18 heavy (non-hydrogen) atoms. The highest BCUT2D eigenvalue weighted by molar-refractivity contribution is 5.75. The molecule has 0 radical (unpaired) electrons. The van der Waals surface area contributed by atoms with E-state index in [1.54, 1.807) is 19.2 Å². The molecule has 0 saturated carbocycles. The van der Waals surface area contributed by atoms with Crippen LogP contribution in [0.25, 0.3) is 0 Å². The minimum atomic E-state index is -0.461. The summed E-state index contributed by atoms with van der Waals surface area (Å²) >= 11 is 0. The van der Waals surface area contributed by atoms with Crippen molar-refractivity contribution in [3.05, 3.63) is 39.9 Å². The topological polar surface area (TPSA) is 83.7 Å². The molecule has 0 aromatic heterocycles. The second-order valence-electron chi connectivity index (χ2n) is 4.00. The van der Waals surface area contributed by atoms with Crippen molar-refractivity contribution in [1.29, 1.82) is 0 Å². The van der Waals surface area contributed by atoms with E-state index >= 15 is 0 Å². The van der Waals surface area contributed by atoms with Crippen molar-refractivity contribution in [2.45, 2.75) is 19.4 Å². The molecule has 0 aliphatic carbocycles. The predicted molar refractivity (Wildman–Crippen MR) is 65.9 cm³/mol. The Bertz CT molecular complexity index is 434. The maximum Gasteiger partial charge on any atom is 0.269 e. The van der Waals surface area contributed by atoms with Crippen molar-refractivity contribution in [1.82, 2.24) is 4.90 Å². The van der Waals surface area contributed by atoms with Crippen LogP contribution in [-0.4, -0.2) is 34.5 Å². The Morgan fingerprint density at radius 1 is 1.50 bits per heavy atom. The van der Waals surface area contributed by atoms with Gasteiger partial charge in [0, 0.05) is 38.8 Å². The van der Waals surface area contributed by atoms with Crippen LogP contribution < -0.4 is 0 Å². The lowest BCUT2D eigenvalue weighted by molar-refractivity contribution is -0.384. The number of carbonyl (C=O) groups excluding carboxylic acids is 1. The molecule has 1 amide bonds. The highest BCUT2D eigenvalue weighted by Crippen LogP contribution is 2.14. The first kappa shape index (κ1) is 14.1. The van der Waals surface area contributed by atoms with E-state index in [0.717, 1.165) is 0 Å². The summed E-state index contributed by atoms with van der Waals surface area (Å²) in [7, 11) is 1.64. The van der Waals surface area contributed by atoms with Crippen molar-refractivity contribution < 1.29 is 14.8 Å². The summed E-state index contributed by atoms with van der Waals surface area (Å²) in [6, 6.07) is 6.20. The standard InChI is InChI=1S/C12H16N2O4/c1-13(12(16)6-3-7-15)9-10-4-2-5-11(8-10)14(17)18/h2,4-5,8,15H,3,6-7,9H2,1H3. The summed E-state index contributed by atoms with van der Waals surface area (Å²) in [5.74, 6) is -0.0874. The van der Waals surface area contributed by atoms with Gasteiger partial charge in [-0.25, -0.2) is 0 Å². The van der Waals surface area contributed by atoms with Crippen LogP contribution in [-0.2, 0) is 11.3 Å². The number of aliphatic hydroxyl groups is 1. The van der Waals surface area contributed by atoms with E-state index in [1.807, 2.05) is 0 Å². The van der Waals surface area contributed by atoms with Gasteiger partial charge in [0.25, 0.3) is 5.69 Å². The van der Waals surface area contributed by atoms with Crippen LogP contribution >= 0.6 is 0 Å². The van der Waals surface area contributed by atoms with Gasteiger partial charge in [-0.1, -0.05) is 12.1 Å². The molecule has 1 aromatic carbocycles. The first-order chi connectivity index (χ1) is 8.54. The number of nitro benzene ring substituents is 1. The largest absolute Gasteiger partial charge is 0.396 e. The Labute approximate surface area is 105 Å². The van der Waals surface area contributed by atoms with Gasteiger partial charge in [0.2, 0.25) is 5.91 Å². The zero-order valence-corrected chi connectivity index (χ0v) is 10.2. The molecule has 6 nitrogen and oxygen atoms in total. The van der Waals surface area contributed by atoms with Crippen molar-refractivity contribution in [2.24, 2.45) is 0 Å². The summed E-state index contributed by atoms with van der Waals surface area (Å²) in [6.45, 7) is 0.308. The fourth-order valence-electron chi connectivity index (χ4n) is 1.55. The van der Waals surface area contributed by atoms with Crippen LogP contribution in [0.2, 0.25) is 0 Å². The number of carbonyl (C=O) groups is 1. The summed E-state index contributed by atoms with van der Waals surface area (Å²) in [4.78, 5) is 23.3. The van der Waals surface area contributed by atoms with Gasteiger partial charge in [-0.3, -0.25) is 14.9 Å². The van der Waals surface area contributed by atoms with Crippen molar-refractivity contribution in [3.8, 4) is 0 Å². The van der Waals surface area contributed by atoms with Gasteiger partial charge in [-0.15, -0.1) is 0 Å². The number of aliphatic hydroxyl groups excluding tert-OH is 1. The first-order valence-electron chi connectivity index (χ1n) is 5.62. The molecule has 0 saturated heterocycles. The summed E-state index contributed by atoms with van der Waals surface area (Å²) in [6.07, 6.45) is 0.708. The molecule has 1 aromatic rings.